The van der Waals surface area contributed by atoms with E-state index in [1.165, 1.54) is 19.2 Å². The topological polar surface area (TPSA) is 159 Å². The maximum absolute atomic E-state index is 13.9. The van der Waals surface area contributed by atoms with Crippen LogP contribution in [0.3, 0.4) is 0 Å². The van der Waals surface area contributed by atoms with Crippen molar-refractivity contribution in [3.8, 4) is 5.75 Å². The second kappa shape index (κ2) is 15.1. The number of H-pyrrole nitrogens is 1. The van der Waals surface area contributed by atoms with Crippen molar-refractivity contribution >= 4 is 34.8 Å². The van der Waals surface area contributed by atoms with Crippen molar-refractivity contribution in [3.63, 3.8) is 0 Å². The monoisotopic (exact) mass is 628 g/mol. The number of alkyl carbamates (subject to hydrolysis) is 1. The average Bonchev–Trinajstić information content (AvgIpc) is 3.43. The summed E-state index contributed by atoms with van der Waals surface area (Å²) in [6, 6.07) is 19.7. The smallest absolute Gasteiger partial charge is 0.408 e. The van der Waals surface area contributed by atoms with E-state index in [-0.39, 0.29) is 25.0 Å². The number of methoxy groups -OCH3 is 1. The first-order valence-corrected chi connectivity index (χ1v) is 15.0. The molecule has 0 fully saturated rings. The van der Waals surface area contributed by atoms with Crippen molar-refractivity contribution < 1.29 is 33.8 Å². The van der Waals surface area contributed by atoms with E-state index in [9.17, 15) is 24.3 Å². The second-order valence-corrected chi connectivity index (χ2v) is 12.0. The summed E-state index contributed by atoms with van der Waals surface area (Å²) in [5.74, 6) is -1.84. The Labute approximate surface area is 267 Å². The Balaban J connectivity index is 1.62. The van der Waals surface area contributed by atoms with Crippen LogP contribution >= 0.6 is 0 Å². The third-order valence-electron chi connectivity index (χ3n) is 7.20. The van der Waals surface area contributed by atoms with Crippen LogP contribution in [0.15, 0.2) is 85.1 Å². The summed E-state index contributed by atoms with van der Waals surface area (Å²) in [5.41, 5.74) is 2.29. The van der Waals surface area contributed by atoms with Gasteiger partial charge in [0, 0.05) is 36.4 Å². The molecule has 3 atom stereocenters. The number of nitrogens with one attached hydrogen (secondary N) is 4. The van der Waals surface area contributed by atoms with Gasteiger partial charge in [-0.1, -0.05) is 60.7 Å². The predicted octanol–water partition coefficient (Wildman–Crippen LogP) is 3.94. The number of rotatable bonds is 12. The van der Waals surface area contributed by atoms with E-state index in [0.29, 0.717) is 5.56 Å². The zero-order chi connectivity index (χ0) is 33.3. The number of hydrogen-bond acceptors (Lipinski definition) is 7. The summed E-state index contributed by atoms with van der Waals surface area (Å²) < 4.78 is 10.4. The van der Waals surface area contributed by atoms with Crippen LogP contribution in [0, 0.1) is 0 Å². The van der Waals surface area contributed by atoms with Crippen LogP contribution in [-0.4, -0.2) is 64.8 Å². The lowest BCUT2D eigenvalue weighted by atomic mass is 10.0. The van der Waals surface area contributed by atoms with E-state index in [1.54, 1.807) is 39.1 Å². The third-order valence-corrected chi connectivity index (χ3v) is 7.20. The van der Waals surface area contributed by atoms with Gasteiger partial charge >= 0.3 is 12.1 Å². The highest BCUT2D eigenvalue weighted by atomic mass is 16.6. The van der Waals surface area contributed by atoms with Gasteiger partial charge in [0.1, 0.15) is 29.5 Å². The summed E-state index contributed by atoms with van der Waals surface area (Å²) in [7, 11) is 1.22. The molecule has 11 nitrogen and oxygen atoms in total. The largest absolute Gasteiger partial charge is 0.508 e. The Hall–Kier alpha value is -5.32. The number of esters is 1. The number of aromatic hydroxyl groups is 1. The number of phenolic OH excluding ortho intramolecular Hbond substituents is 1. The number of fused-ring (bicyclic) bond motifs is 1. The van der Waals surface area contributed by atoms with Gasteiger partial charge in [0.05, 0.1) is 7.11 Å². The van der Waals surface area contributed by atoms with Gasteiger partial charge in [0.25, 0.3) is 0 Å². The highest BCUT2D eigenvalue weighted by molar-refractivity contribution is 5.94. The highest BCUT2D eigenvalue weighted by Crippen LogP contribution is 2.20. The van der Waals surface area contributed by atoms with Gasteiger partial charge in [-0.15, -0.1) is 0 Å². The van der Waals surface area contributed by atoms with E-state index in [0.717, 1.165) is 22.0 Å². The molecule has 0 saturated carbocycles. The number of hydrogen-bond donors (Lipinski definition) is 5. The molecule has 5 N–H and O–H groups in total. The minimum Gasteiger partial charge on any atom is -0.508 e. The maximum atomic E-state index is 13.9. The van der Waals surface area contributed by atoms with Gasteiger partial charge in [-0.25, -0.2) is 9.59 Å². The molecule has 0 spiro atoms. The van der Waals surface area contributed by atoms with Crippen LogP contribution in [0.25, 0.3) is 10.9 Å². The molecule has 0 aliphatic heterocycles. The Morgan fingerprint density at radius 1 is 0.739 bits per heavy atom. The molecule has 4 aromatic rings. The van der Waals surface area contributed by atoms with Crippen molar-refractivity contribution in [2.75, 3.05) is 7.11 Å². The molecule has 4 rings (SSSR count). The predicted molar refractivity (Wildman–Crippen MR) is 173 cm³/mol. The van der Waals surface area contributed by atoms with Gasteiger partial charge in [-0.3, -0.25) is 9.59 Å². The first-order valence-electron chi connectivity index (χ1n) is 15.0. The van der Waals surface area contributed by atoms with Gasteiger partial charge in [-0.2, -0.15) is 0 Å². The maximum Gasteiger partial charge on any atom is 0.408 e. The first-order chi connectivity index (χ1) is 21.9. The molecule has 46 heavy (non-hydrogen) atoms. The number of benzene rings is 3. The lowest BCUT2D eigenvalue weighted by Gasteiger charge is -2.26. The molecular formula is C35H40N4O7. The van der Waals surface area contributed by atoms with Gasteiger partial charge in [0.15, 0.2) is 0 Å². The average molecular weight is 629 g/mol. The van der Waals surface area contributed by atoms with E-state index < -0.39 is 47.6 Å². The number of carbonyl (C=O) groups is 4. The van der Waals surface area contributed by atoms with Crippen molar-refractivity contribution in [1.82, 2.24) is 20.9 Å². The minimum atomic E-state index is -1.14. The summed E-state index contributed by atoms with van der Waals surface area (Å²) in [6.45, 7) is 5.16. The molecule has 1 heterocycles. The fraction of sp³-hybridized carbons (Fsp3) is 0.314. The minimum absolute atomic E-state index is 0.0638. The normalized spacial score (nSPS) is 13.2. The fourth-order valence-corrected chi connectivity index (χ4v) is 4.99. The first kappa shape index (κ1) is 33.6. The van der Waals surface area contributed by atoms with Crippen molar-refractivity contribution in [1.29, 1.82) is 0 Å². The number of amides is 3. The van der Waals surface area contributed by atoms with Crippen LogP contribution in [0.1, 0.15) is 37.5 Å². The summed E-state index contributed by atoms with van der Waals surface area (Å²) in [6.07, 6.45) is 1.30. The SMILES string of the molecule is COC(=O)[C@H](Cc1ccc(O)cc1)NC(=O)[C@H](Cc1c[nH]c2ccccc12)NC(=O)[C@H](Cc1ccccc1)NC(=O)OC(C)(C)C. The number of aromatic amines is 1. The zero-order valence-electron chi connectivity index (χ0n) is 26.3. The quantitative estimate of drug-likeness (QED) is 0.149. The molecule has 0 saturated heterocycles. The standard InChI is InChI=1S/C35H40N4O7/c1-35(2,3)46-34(44)39-28(18-22-10-6-5-7-11-22)31(41)37-29(20-24-21-36-27-13-9-8-12-26(24)27)32(42)38-30(33(43)45-4)19-23-14-16-25(40)17-15-23/h5-17,21,28-30,36,40H,18-20H2,1-4H3,(H,37,41)(H,38,42)(H,39,44)/t28-,29-,30-/m0/s1. The number of para-hydroxylation sites is 1. The van der Waals surface area contributed by atoms with Crippen molar-refractivity contribution in [2.45, 2.75) is 63.8 Å². The van der Waals surface area contributed by atoms with Crippen LogP contribution in [0.5, 0.6) is 5.75 Å². The lowest BCUT2D eigenvalue weighted by molar-refractivity contribution is -0.145. The van der Waals surface area contributed by atoms with Gasteiger partial charge < -0.3 is 35.5 Å². The van der Waals surface area contributed by atoms with E-state index in [4.69, 9.17) is 9.47 Å². The van der Waals surface area contributed by atoms with Crippen LogP contribution in [0.4, 0.5) is 4.79 Å². The van der Waals surface area contributed by atoms with Crippen molar-refractivity contribution in [2.24, 2.45) is 0 Å². The zero-order valence-corrected chi connectivity index (χ0v) is 26.3. The summed E-state index contributed by atoms with van der Waals surface area (Å²) in [5, 5.41) is 18.7. The number of ether oxygens (including phenoxy) is 2. The molecule has 11 heteroatoms. The molecule has 242 valence electrons. The van der Waals surface area contributed by atoms with E-state index in [1.807, 2.05) is 54.6 Å². The summed E-state index contributed by atoms with van der Waals surface area (Å²) in [4.78, 5) is 56.5. The Morgan fingerprint density at radius 2 is 1.30 bits per heavy atom. The lowest BCUT2D eigenvalue weighted by Crippen LogP contribution is -2.57. The molecule has 0 aliphatic rings. The van der Waals surface area contributed by atoms with E-state index >= 15 is 0 Å². The molecule has 3 aromatic carbocycles. The van der Waals surface area contributed by atoms with Crippen molar-refractivity contribution in [3.05, 3.63) is 102 Å². The Bertz CT molecular complexity index is 1640. The molecule has 0 bridgehead atoms. The van der Waals surface area contributed by atoms with Crippen LogP contribution in [0.2, 0.25) is 0 Å². The van der Waals surface area contributed by atoms with E-state index in [2.05, 4.69) is 20.9 Å². The molecule has 3 amide bonds. The van der Waals surface area contributed by atoms with Crippen LogP contribution < -0.4 is 16.0 Å². The van der Waals surface area contributed by atoms with Crippen LogP contribution in [-0.2, 0) is 43.1 Å². The number of phenols is 1. The Kier molecular flexibility index (Phi) is 11.0. The second-order valence-electron chi connectivity index (χ2n) is 12.0. The molecular weight excluding hydrogens is 588 g/mol. The Morgan fingerprint density at radius 3 is 1.96 bits per heavy atom. The fourth-order valence-electron chi connectivity index (χ4n) is 4.99. The van der Waals surface area contributed by atoms with Gasteiger partial charge in [-0.05, 0) is 55.7 Å². The molecule has 0 aliphatic carbocycles. The number of carbonyl (C=O) groups excluding carboxylic acids is 4. The summed E-state index contributed by atoms with van der Waals surface area (Å²) >= 11 is 0. The third kappa shape index (κ3) is 9.59. The highest BCUT2D eigenvalue weighted by Gasteiger charge is 2.32. The molecule has 0 unspecified atom stereocenters. The molecule has 0 radical (unpaired) electrons. The van der Waals surface area contributed by atoms with Gasteiger partial charge in [0.2, 0.25) is 11.8 Å². The number of aromatic nitrogens is 1. The molecule has 1 aromatic heterocycles.